The molecule has 0 aliphatic carbocycles. The summed E-state index contributed by atoms with van der Waals surface area (Å²) in [6.45, 7) is 16.3. The van der Waals surface area contributed by atoms with Gasteiger partial charge in [-0.2, -0.15) is 4.90 Å². The Hall–Kier alpha value is -6.20. The van der Waals surface area contributed by atoms with E-state index in [9.17, 15) is 43.2 Å². The van der Waals surface area contributed by atoms with Gasteiger partial charge in [0.05, 0.1) is 26.2 Å². The molecule has 0 bridgehead atoms. The van der Waals surface area contributed by atoms with Crippen molar-refractivity contribution in [3.05, 3.63) is 94.5 Å². The normalized spacial score (nSPS) is 13.5. The van der Waals surface area contributed by atoms with E-state index in [0.29, 0.717) is 27.0 Å². The fourth-order valence-electron chi connectivity index (χ4n) is 3.48. The largest absolute Gasteiger partial charge is 0.460 e. The molecule has 0 radical (unpaired) electrons. The minimum atomic E-state index is -1.19. The van der Waals surface area contributed by atoms with Crippen molar-refractivity contribution < 1.29 is 47.6 Å². The first-order valence-corrected chi connectivity index (χ1v) is 14.3. The Morgan fingerprint density at radius 1 is 0.729 bits per heavy atom. The fraction of sp³-hybridized carbons (Fsp3) is 0.333. The van der Waals surface area contributed by atoms with Gasteiger partial charge < -0.3 is 14.2 Å². The summed E-state index contributed by atoms with van der Waals surface area (Å²) in [5.41, 5.74) is -1.99. The predicted molar refractivity (Wildman–Crippen MR) is 169 cm³/mol. The fourth-order valence-corrected chi connectivity index (χ4v) is 3.48. The number of amides is 6. The maximum atomic E-state index is 12.5. The van der Waals surface area contributed by atoms with Gasteiger partial charge in [-0.25, -0.2) is 52.1 Å². The van der Waals surface area contributed by atoms with Crippen LogP contribution in [-0.4, -0.2) is 90.1 Å². The monoisotopic (exact) mass is 673 g/mol. The maximum Gasteiger partial charge on any atom is 0.460 e. The van der Waals surface area contributed by atoms with Gasteiger partial charge in [0.25, 0.3) is 0 Å². The Morgan fingerprint density at radius 2 is 1.23 bits per heavy atom. The average molecular weight is 674 g/mol. The highest BCUT2D eigenvalue weighted by Gasteiger charge is 2.49. The number of rotatable bonds is 16. The summed E-state index contributed by atoms with van der Waals surface area (Å²) in [5.74, 6) is -2.39. The second-order valence-corrected chi connectivity index (χ2v) is 9.08. The van der Waals surface area contributed by atoms with E-state index < -0.39 is 59.6 Å². The molecule has 0 N–H and O–H groups in total. The highest BCUT2D eigenvalue weighted by Crippen LogP contribution is 2.13. The predicted octanol–water partition coefficient (Wildman–Crippen LogP) is 0.884. The van der Waals surface area contributed by atoms with Crippen LogP contribution in [0.3, 0.4) is 0 Å². The zero-order valence-corrected chi connectivity index (χ0v) is 26.6. The van der Waals surface area contributed by atoms with Crippen LogP contribution >= 0.6 is 0 Å². The molecule has 1 aromatic heterocycles. The number of ether oxygens (including phenoxy) is 3. The van der Waals surface area contributed by atoms with E-state index in [1.807, 2.05) is 0 Å². The van der Waals surface area contributed by atoms with Gasteiger partial charge in [-0.1, -0.05) is 38.7 Å². The molecule has 1 aliphatic rings. The quantitative estimate of drug-likeness (QED) is 0.0599. The molecule has 6 amide bonds. The Morgan fingerprint density at radius 3 is 1.67 bits per heavy atom. The lowest BCUT2D eigenvalue weighted by Gasteiger charge is -2.24. The maximum absolute atomic E-state index is 12.5. The topological polar surface area (TPSA) is 206 Å². The zero-order chi connectivity index (χ0) is 36.4. The van der Waals surface area contributed by atoms with Crippen molar-refractivity contribution in [3.63, 3.8) is 0 Å². The van der Waals surface area contributed by atoms with Gasteiger partial charge in [-0.15, -0.1) is 29.2 Å². The zero-order valence-electron chi connectivity index (χ0n) is 26.6. The molecule has 18 heteroatoms. The third kappa shape index (κ3) is 10.7. The van der Waals surface area contributed by atoms with E-state index in [1.165, 1.54) is 25.2 Å². The summed E-state index contributed by atoms with van der Waals surface area (Å²) in [7, 11) is 0. The van der Waals surface area contributed by atoms with Gasteiger partial charge in [0.2, 0.25) is 0 Å². The summed E-state index contributed by atoms with van der Waals surface area (Å²) in [4.78, 5) is 109. The molecule has 1 fully saturated rings. The molecule has 0 spiro atoms. The van der Waals surface area contributed by atoms with Gasteiger partial charge >= 0.3 is 53.1 Å². The number of carbonyl (C=O) groups is 6. The van der Waals surface area contributed by atoms with Gasteiger partial charge in [-0.05, 0) is 6.42 Å². The van der Waals surface area contributed by atoms with E-state index >= 15 is 0 Å². The number of hydrogen-bond donors (Lipinski definition) is 0. The lowest BCUT2D eigenvalue weighted by molar-refractivity contribution is -0.342. The third-order valence-electron chi connectivity index (χ3n) is 5.71. The average Bonchev–Trinajstić information content (AvgIpc) is 3.07. The van der Waals surface area contributed by atoms with Crippen LogP contribution < -0.4 is 17.1 Å². The molecule has 258 valence electrons. The summed E-state index contributed by atoms with van der Waals surface area (Å²) >= 11 is 0. The minimum absolute atomic E-state index is 0.0478. The van der Waals surface area contributed by atoms with Crippen molar-refractivity contribution in [1.29, 1.82) is 0 Å². The molecule has 0 saturated carbocycles. The molecule has 2 heterocycles. The molecule has 0 unspecified atom stereocenters. The Bertz CT molecular complexity index is 1570. The molecular formula is C30H37N6O12+. The number of allylic oxidation sites excluding steroid dienone is 3. The van der Waals surface area contributed by atoms with Crippen molar-refractivity contribution in [2.45, 2.75) is 46.3 Å². The van der Waals surface area contributed by atoms with Crippen molar-refractivity contribution in [1.82, 2.24) is 23.5 Å². The molecule has 48 heavy (non-hydrogen) atoms. The van der Waals surface area contributed by atoms with Crippen molar-refractivity contribution in [3.8, 4) is 0 Å². The van der Waals surface area contributed by atoms with Crippen LogP contribution in [0.4, 0.5) is 14.4 Å². The van der Waals surface area contributed by atoms with Gasteiger partial charge in [-0.3, -0.25) is 4.79 Å². The molecule has 2 rings (SSSR count). The standard InChI is InChI=1S/C18H22N3O9.C12H15N3O3/c1-4-9-28-15(24)12-21-17(26)19(7-10-29-13(22)5-2)16(25)20(18(21)27)8-11-30-14(23)6-3;1-4-7-13-10(16)14(8-5-2)12(18)15(9-6-3)11(13)17/h5,8,11-12H,2,4,6-7,9-10H2,1,3H3;4-6H,1-3,7-9H2/q+1;/b11-8-,21-12+;. The number of nitrogens with zero attached hydrogens (tertiary/aromatic N) is 6. The second-order valence-electron chi connectivity index (χ2n) is 9.08. The van der Waals surface area contributed by atoms with Crippen LogP contribution in [0.2, 0.25) is 0 Å². The summed E-state index contributed by atoms with van der Waals surface area (Å²) in [6, 6.07) is -3.44. The van der Waals surface area contributed by atoms with Crippen LogP contribution in [-0.2, 0) is 48.2 Å². The molecule has 1 saturated heterocycles. The van der Waals surface area contributed by atoms with Crippen LogP contribution in [0.5, 0.6) is 0 Å². The SMILES string of the molecule is C=CC(=O)OCCN1C(=O)N(/C=C\OC(=O)CC)C(=O)/[N+](=C/C(=O)OCCC)C1=O.C=CCn1c(=O)n(CC=C)c(=O)n(CC=C)c1=O. The number of esters is 3. The van der Waals surface area contributed by atoms with E-state index in [-0.39, 0.29) is 39.3 Å². The first kappa shape index (κ1) is 39.8. The first-order chi connectivity index (χ1) is 22.8. The number of hydrogen-bond acceptors (Lipinski definition) is 12. The molecule has 1 aliphatic heterocycles. The number of imide groups is 3. The van der Waals surface area contributed by atoms with Crippen molar-refractivity contribution in [2.24, 2.45) is 0 Å². The van der Waals surface area contributed by atoms with Gasteiger partial charge in [0.15, 0.2) is 6.21 Å². The van der Waals surface area contributed by atoms with E-state index in [1.54, 1.807) is 6.92 Å². The molecule has 0 aromatic carbocycles. The molecular weight excluding hydrogens is 636 g/mol. The van der Waals surface area contributed by atoms with Gasteiger partial charge in [0, 0.05) is 12.5 Å². The molecule has 0 atom stereocenters. The van der Waals surface area contributed by atoms with E-state index in [0.717, 1.165) is 32.2 Å². The number of carbonyl (C=O) groups excluding carboxylic acids is 6. The molecule has 1 aromatic rings. The van der Waals surface area contributed by atoms with Crippen LogP contribution in [0.25, 0.3) is 0 Å². The highest BCUT2D eigenvalue weighted by atomic mass is 16.5. The lowest BCUT2D eigenvalue weighted by atomic mass is 10.4. The lowest BCUT2D eigenvalue weighted by Crippen LogP contribution is -2.59. The number of aromatic nitrogens is 3. The van der Waals surface area contributed by atoms with Crippen LogP contribution in [0.1, 0.15) is 26.7 Å². The van der Waals surface area contributed by atoms with Crippen molar-refractivity contribution >= 4 is 42.2 Å². The van der Waals surface area contributed by atoms with Crippen LogP contribution in [0, 0.1) is 0 Å². The Balaban J connectivity index is 0.000000544. The second kappa shape index (κ2) is 20.0. The van der Waals surface area contributed by atoms with Gasteiger partial charge in [0.1, 0.15) is 25.6 Å². The Kier molecular flexibility index (Phi) is 16.6. The summed E-state index contributed by atoms with van der Waals surface area (Å²) in [5, 5.41) is 0. The van der Waals surface area contributed by atoms with Crippen molar-refractivity contribution in [2.75, 3.05) is 19.8 Å². The van der Waals surface area contributed by atoms with Crippen LogP contribution in [0.15, 0.2) is 77.5 Å². The number of urea groups is 3. The third-order valence-corrected chi connectivity index (χ3v) is 5.71. The minimum Gasteiger partial charge on any atom is -0.460 e. The Labute approximate surface area is 274 Å². The highest BCUT2D eigenvalue weighted by molar-refractivity contribution is 6.24. The smallest absolute Gasteiger partial charge is 0.460 e. The van der Waals surface area contributed by atoms with E-state index in [4.69, 9.17) is 9.47 Å². The van der Waals surface area contributed by atoms with E-state index in [2.05, 4.69) is 31.1 Å². The first-order valence-electron chi connectivity index (χ1n) is 14.3. The summed E-state index contributed by atoms with van der Waals surface area (Å²) in [6.07, 6.45) is 7.93. The summed E-state index contributed by atoms with van der Waals surface area (Å²) < 4.78 is 17.4. The molecule has 18 nitrogen and oxygen atoms in total.